The zero-order chi connectivity index (χ0) is 14.7. The number of pyridine rings is 1. The van der Waals surface area contributed by atoms with E-state index in [1.807, 2.05) is 6.07 Å². The van der Waals surface area contributed by atoms with Crippen molar-refractivity contribution >= 4 is 11.7 Å². The number of anilines is 1. The van der Waals surface area contributed by atoms with E-state index in [9.17, 15) is 4.79 Å². The minimum absolute atomic E-state index is 0.142. The topological polar surface area (TPSA) is 77.2 Å². The number of aromatic nitrogens is 2. The normalized spacial score (nSPS) is 15.9. The molecule has 1 N–H and O–H groups in total. The SMILES string of the molecule is CC(=O)Nc1ccc(-c2cnc(C3CCOCC3)o2)cn1. The van der Waals surface area contributed by atoms with Gasteiger partial charge in [-0.15, -0.1) is 0 Å². The fourth-order valence-electron chi connectivity index (χ4n) is 2.35. The molecular weight excluding hydrogens is 270 g/mol. The zero-order valence-corrected chi connectivity index (χ0v) is 11.8. The quantitative estimate of drug-likeness (QED) is 0.938. The van der Waals surface area contributed by atoms with Crippen molar-refractivity contribution < 1.29 is 13.9 Å². The molecule has 1 fully saturated rings. The summed E-state index contributed by atoms with van der Waals surface area (Å²) in [4.78, 5) is 19.5. The Hall–Kier alpha value is -2.21. The molecule has 0 aromatic carbocycles. The van der Waals surface area contributed by atoms with Crippen LogP contribution in [-0.2, 0) is 9.53 Å². The fraction of sp³-hybridized carbons (Fsp3) is 0.400. The summed E-state index contributed by atoms with van der Waals surface area (Å²) >= 11 is 0. The van der Waals surface area contributed by atoms with Crippen LogP contribution in [0, 0.1) is 0 Å². The van der Waals surface area contributed by atoms with Crippen LogP contribution in [0.3, 0.4) is 0 Å². The van der Waals surface area contributed by atoms with Gasteiger partial charge in [0.2, 0.25) is 5.91 Å². The number of rotatable bonds is 3. The molecule has 3 heterocycles. The zero-order valence-electron chi connectivity index (χ0n) is 11.8. The number of hydrogen-bond acceptors (Lipinski definition) is 5. The lowest BCUT2D eigenvalue weighted by molar-refractivity contribution is -0.114. The van der Waals surface area contributed by atoms with Crippen LogP contribution in [0.25, 0.3) is 11.3 Å². The maximum Gasteiger partial charge on any atom is 0.222 e. The van der Waals surface area contributed by atoms with E-state index in [-0.39, 0.29) is 5.91 Å². The van der Waals surface area contributed by atoms with Crippen LogP contribution in [0.15, 0.2) is 28.9 Å². The van der Waals surface area contributed by atoms with Gasteiger partial charge in [-0.1, -0.05) is 0 Å². The van der Waals surface area contributed by atoms with Crippen molar-refractivity contribution in [1.82, 2.24) is 9.97 Å². The molecule has 3 rings (SSSR count). The summed E-state index contributed by atoms with van der Waals surface area (Å²) in [5.41, 5.74) is 0.843. The molecule has 6 nitrogen and oxygen atoms in total. The van der Waals surface area contributed by atoms with Gasteiger partial charge < -0.3 is 14.5 Å². The second-order valence-electron chi connectivity index (χ2n) is 5.06. The van der Waals surface area contributed by atoms with Gasteiger partial charge in [-0.2, -0.15) is 0 Å². The molecule has 6 heteroatoms. The van der Waals surface area contributed by atoms with Crippen molar-refractivity contribution in [2.24, 2.45) is 0 Å². The van der Waals surface area contributed by atoms with Crippen LogP contribution in [0.5, 0.6) is 0 Å². The van der Waals surface area contributed by atoms with Crippen molar-refractivity contribution in [3.05, 3.63) is 30.4 Å². The molecule has 1 amide bonds. The molecule has 2 aromatic heterocycles. The van der Waals surface area contributed by atoms with E-state index in [4.69, 9.17) is 9.15 Å². The molecule has 0 atom stereocenters. The number of nitrogens with zero attached hydrogens (tertiary/aromatic N) is 2. The van der Waals surface area contributed by atoms with Crippen LogP contribution < -0.4 is 5.32 Å². The first-order chi connectivity index (χ1) is 10.2. The number of carbonyl (C=O) groups excluding carboxylic acids is 1. The average Bonchev–Trinajstić information content (AvgIpc) is 2.98. The summed E-state index contributed by atoms with van der Waals surface area (Å²) in [6, 6.07) is 3.60. The molecule has 110 valence electrons. The van der Waals surface area contributed by atoms with Crippen molar-refractivity contribution in [2.45, 2.75) is 25.7 Å². The molecule has 0 radical (unpaired) electrons. The van der Waals surface area contributed by atoms with Gasteiger partial charge >= 0.3 is 0 Å². The van der Waals surface area contributed by atoms with Gasteiger partial charge in [-0.05, 0) is 25.0 Å². The summed E-state index contributed by atoms with van der Waals surface area (Å²) in [6.45, 7) is 2.97. The standard InChI is InChI=1S/C15H17N3O3/c1-10(19)18-14-3-2-12(8-16-14)13-9-17-15(21-13)11-4-6-20-7-5-11/h2-3,8-9,11H,4-7H2,1H3,(H,16,18,19). The van der Waals surface area contributed by atoms with Crippen LogP contribution in [0.2, 0.25) is 0 Å². The first-order valence-electron chi connectivity index (χ1n) is 7.00. The molecular formula is C15H17N3O3. The van der Waals surface area contributed by atoms with Crippen LogP contribution in [0.4, 0.5) is 5.82 Å². The number of amides is 1. The number of hydrogen-bond donors (Lipinski definition) is 1. The van der Waals surface area contributed by atoms with E-state index < -0.39 is 0 Å². The predicted molar refractivity (Wildman–Crippen MR) is 76.8 cm³/mol. The molecule has 0 bridgehead atoms. The first-order valence-corrected chi connectivity index (χ1v) is 7.00. The molecule has 1 aliphatic heterocycles. The highest BCUT2D eigenvalue weighted by Crippen LogP contribution is 2.29. The number of oxazole rings is 1. The van der Waals surface area contributed by atoms with E-state index in [2.05, 4.69) is 15.3 Å². The van der Waals surface area contributed by atoms with E-state index in [1.54, 1.807) is 18.5 Å². The Morgan fingerprint density at radius 2 is 2.05 bits per heavy atom. The van der Waals surface area contributed by atoms with E-state index >= 15 is 0 Å². The third-order valence-corrected chi connectivity index (χ3v) is 3.45. The van der Waals surface area contributed by atoms with E-state index in [0.717, 1.165) is 37.5 Å². The minimum Gasteiger partial charge on any atom is -0.440 e. The Morgan fingerprint density at radius 3 is 2.71 bits per heavy atom. The van der Waals surface area contributed by atoms with Crippen LogP contribution in [-0.4, -0.2) is 29.1 Å². The third kappa shape index (κ3) is 3.28. The highest BCUT2D eigenvalue weighted by atomic mass is 16.5. The van der Waals surface area contributed by atoms with Gasteiger partial charge in [0.25, 0.3) is 0 Å². The van der Waals surface area contributed by atoms with Crippen molar-refractivity contribution in [1.29, 1.82) is 0 Å². The molecule has 0 spiro atoms. The third-order valence-electron chi connectivity index (χ3n) is 3.45. The largest absolute Gasteiger partial charge is 0.440 e. The predicted octanol–water partition coefficient (Wildman–Crippen LogP) is 2.59. The highest BCUT2D eigenvalue weighted by molar-refractivity contribution is 5.87. The monoisotopic (exact) mass is 287 g/mol. The average molecular weight is 287 g/mol. The lowest BCUT2D eigenvalue weighted by atomic mass is 10.0. The lowest BCUT2D eigenvalue weighted by Gasteiger charge is -2.18. The Bertz CT molecular complexity index is 615. The Balaban J connectivity index is 1.74. The molecule has 2 aromatic rings. The Kier molecular flexibility index (Phi) is 3.96. The minimum atomic E-state index is -0.142. The van der Waals surface area contributed by atoms with Crippen molar-refractivity contribution in [3.63, 3.8) is 0 Å². The first kappa shape index (κ1) is 13.8. The summed E-state index contributed by atoms with van der Waals surface area (Å²) in [5.74, 6) is 2.17. The van der Waals surface area contributed by atoms with Crippen LogP contribution in [0.1, 0.15) is 31.6 Å². The fourth-order valence-corrected chi connectivity index (χ4v) is 2.35. The van der Waals surface area contributed by atoms with Gasteiger partial charge in [-0.25, -0.2) is 9.97 Å². The molecule has 1 aliphatic rings. The number of carbonyl (C=O) groups is 1. The van der Waals surface area contributed by atoms with Crippen molar-refractivity contribution in [3.8, 4) is 11.3 Å². The van der Waals surface area contributed by atoms with Gasteiger partial charge in [0.05, 0.1) is 6.20 Å². The van der Waals surface area contributed by atoms with Gasteiger partial charge in [-0.3, -0.25) is 4.79 Å². The lowest BCUT2D eigenvalue weighted by Crippen LogP contribution is -2.14. The van der Waals surface area contributed by atoms with Crippen LogP contribution >= 0.6 is 0 Å². The van der Waals surface area contributed by atoms with E-state index in [1.165, 1.54) is 6.92 Å². The summed E-state index contributed by atoms with van der Waals surface area (Å²) in [6.07, 6.45) is 5.28. The second kappa shape index (κ2) is 6.05. The van der Waals surface area contributed by atoms with Gasteiger partial charge in [0, 0.05) is 37.8 Å². The summed E-state index contributed by atoms with van der Waals surface area (Å²) in [7, 11) is 0. The highest BCUT2D eigenvalue weighted by Gasteiger charge is 2.21. The summed E-state index contributed by atoms with van der Waals surface area (Å²) < 4.78 is 11.2. The van der Waals surface area contributed by atoms with Gasteiger partial charge in [0.1, 0.15) is 5.82 Å². The smallest absolute Gasteiger partial charge is 0.222 e. The molecule has 0 saturated carbocycles. The number of ether oxygens (including phenoxy) is 1. The van der Waals surface area contributed by atoms with E-state index in [0.29, 0.717) is 17.5 Å². The van der Waals surface area contributed by atoms with Crippen molar-refractivity contribution in [2.75, 3.05) is 18.5 Å². The van der Waals surface area contributed by atoms with Gasteiger partial charge in [0.15, 0.2) is 11.7 Å². The maximum atomic E-state index is 11.0. The Labute approximate surface area is 122 Å². The molecule has 1 saturated heterocycles. The maximum absolute atomic E-state index is 11.0. The molecule has 0 aliphatic carbocycles. The molecule has 21 heavy (non-hydrogen) atoms. The summed E-state index contributed by atoms with van der Waals surface area (Å²) in [5, 5.41) is 2.63. The number of nitrogens with one attached hydrogen (secondary N) is 1. The molecule has 0 unspecified atom stereocenters. The second-order valence-corrected chi connectivity index (χ2v) is 5.06. The Morgan fingerprint density at radius 1 is 1.24 bits per heavy atom.